The zero-order chi connectivity index (χ0) is 12.5. The van der Waals surface area contributed by atoms with Crippen LogP contribution in [0.1, 0.15) is 28.5 Å². The van der Waals surface area contributed by atoms with E-state index in [4.69, 9.17) is 16.3 Å². The highest BCUT2D eigenvalue weighted by atomic mass is 79.9. The van der Waals surface area contributed by atoms with Crippen LogP contribution in [-0.4, -0.2) is 6.61 Å². The normalized spacial score (nSPS) is 15.9. The molecule has 4 heteroatoms. The fourth-order valence-electron chi connectivity index (χ4n) is 2.19. The molecule has 0 bridgehead atoms. The molecule has 3 rings (SSSR count). The number of halogens is 2. The largest absolute Gasteiger partial charge is 0.493 e. The van der Waals surface area contributed by atoms with Crippen molar-refractivity contribution in [2.45, 2.75) is 18.2 Å². The Balaban J connectivity index is 1.92. The summed E-state index contributed by atoms with van der Waals surface area (Å²) in [5.74, 6) is 1.01. The van der Waals surface area contributed by atoms with Gasteiger partial charge in [0.1, 0.15) is 5.75 Å². The highest BCUT2D eigenvalue weighted by Gasteiger charge is 2.16. The van der Waals surface area contributed by atoms with Gasteiger partial charge < -0.3 is 4.74 Å². The van der Waals surface area contributed by atoms with Crippen LogP contribution in [0.25, 0.3) is 0 Å². The Hall–Kier alpha value is -0.510. The molecule has 0 saturated carbocycles. The first-order valence-electron chi connectivity index (χ1n) is 5.87. The summed E-state index contributed by atoms with van der Waals surface area (Å²) in [5, 5.41) is 2.01. The van der Waals surface area contributed by atoms with E-state index in [9.17, 15) is 0 Å². The SMILES string of the molecule is ClC(c1csc(Br)c1)c1ccc2c(c1)CCCO2. The third kappa shape index (κ3) is 2.44. The van der Waals surface area contributed by atoms with Crippen molar-refractivity contribution in [2.75, 3.05) is 6.61 Å². The standard InChI is InChI=1S/C14H12BrClOS/c15-13-7-11(8-18-13)14(16)10-3-4-12-9(6-10)2-1-5-17-12/h3-4,6-8,14H,1-2,5H2. The highest BCUT2D eigenvalue weighted by molar-refractivity contribution is 9.11. The molecule has 1 aromatic carbocycles. The van der Waals surface area contributed by atoms with Crippen molar-refractivity contribution in [1.29, 1.82) is 0 Å². The highest BCUT2D eigenvalue weighted by Crippen LogP contribution is 2.36. The van der Waals surface area contributed by atoms with Gasteiger partial charge in [-0.3, -0.25) is 0 Å². The lowest BCUT2D eigenvalue weighted by Crippen LogP contribution is -2.08. The van der Waals surface area contributed by atoms with Crippen LogP contribution in [0.3, 0.4) is 0 Å². The smallest absolute Gasteiger partial charge is 0.122 e. The van der Waals surface area contributed by atoms with Gasteiger partial charge in [-0.25, -0.2) is 0 Å². The molecule has 1 atom stereocenters. The van der Waals surface area contributed by atoms with E-state index in [1.807, 2.05) is 6.07 Å². The van der Waals surface area contributed by atoms with E-state index in [-0.39, 0.29) is 5.38 Å². The number of alkyl halides is 1. The Morgan fingerprint density at radius 2 is 2.17 bits per heavy atom. The van der Waals surface area contributed by atoms with Gasteiger partial charge in [0, 0.05) is 0 Å². The first-order chi connectivity index (χ1) is 8.74. The number of rotatable bonds is 2. The molecule has 1 nitrogen and oxygen atoms in total. The van der Waals surface area contributed by atoms with E-state index in [0.717, 1.165) is 40.1 Å². The second kappa shape index (κ2) is 5.24. The third-order valence-electron chi connectivity index (χ3n) is 3.11. The summed E-state index contributed by atoms with van der Waals surface area (Å²) in [6, 6.07) is 8.37. The molecule has 2 heterocycles. The number of hydrogen-bond donors (Lipinski definition) is 0. The maximum atomic E-state index is 6.53. The zero-order valence-corrected chi connectivity index (χ0v) is 12.8. The molecule has 0 aliphatic carbocycles. The molecule has 0 saturated heterocycles. The monoisotopic (exact) mass is 342 g/mol. The fourth-order valence-corrected chi connectivity index (χ4v) is 3.72. The van der Waals surface area contributed by atoms with Crippen LogP contribution < -0.4 is 4.74 Å². The average molecular weight is 344 g/mol. The summed E-state index contributed by atoms with van der Waals surface area (Å²) in [4.78, 5) is 0. The molecule has 18 heavy (non-hydrogen) atoms. The maximum Gasteiger partial charge on any atom is 0.122 e. The van der Waals surface area contributed by atoms with Crippen LogP contribution in [0.15, 0.2) is 33.4 Å². The van der Waals surface area contributed by atoms with Gasteiger partial charge in [-0.1, -0.05) is 12.1 Å². The fraction of sp³-hybridized carbons (Fsp3) is 0.286. The summed E-state index contributed by atoms with van der Waals surface area (Å²) in [5.41, 5.74) is 3.56. The summed E-state index contributed by atoms with van der Waals surface area (Å²) in [6.07, 6.45) is 2.17. The second-order valence-electron chi connectivity index (χ2n) is 4.37. The van der Waals surface area contributed by atoms with Crippen molar-refractivity contribution in [1.82, 2.24) is 0 Å². The van der Waals surface area contributed by atoms with Crippen molar-refractivity contribution in [2.24, 2.45) is 0 Å². The average Bonchev–Trinajstić information content (AvgIpc) is 2.84. The lowest BCUT2D eigenvalue weighted by molar-refractivity contribution is 0.288. The van der Waals surface area contributed by atoms with Gasteiger partial charge in [0.25, 0.3) is 0 Å². The van der Waals surface area contributed by atoms with Crippen LogP contribution in [0.4, 0.5) is 0 Å². The molecule has 0 amide bonds. The minimum Gasteiger partial charge on any atom is -0.493 e. The van der Waals surface area contributed by atoms with Crippen LogP contribution in [0.2, 0.25) is 0 Å². The van der Waals surface area contributed by atoms with E-state index >= 15 is 0 Å². The zero-order valence-electron chi connectivity index (χ0n) is 9.66. The summed E-state index contributed by atoms with van der Waals surface area (Å²) >= 11 is 11.7. The Bertz CT molecular complexity index is 567. The topological polar surface area (TPSA) is 9.23 Å². The van der Waals surface area contributed by atoms with Crippen molar-refractivity contribution in [3.05, 3.63) is 50.1 Å². The summed E-state index contributed by atoms with van der Waals surface area (Å²) < 4.78 is 6.73. The van der Waals surface area contributed by atoms with E-state index in [0.29, 0.717) is 0 Å². The van der Waals surface area contributed by atoms with E-state index < -0.39 is 0 Å². The number of thiophene rings is 1. The predicted molar refractivity (Wildman–Crippen MR) is 80.0 cm³/mol. The molecule has 0 spiro atoms. The maximum absolute atomic E-state index is 6.53. The van der Waals surface area contributed by atoms with Crippen molar-refractivity contribution < 1.29 is 4.74 Å². The minimum absolute atomic E-state index is 0.0835. The summed E-state index contributed by atoms with van der Waals surface area (Å²) in [7, 11) is 0. The molecule has 1 unspecified atom stereocenters. The van der Waals surface area contributed by atoms with Gasteiger partial charge in [-0.05, 0) is 63.0 Å². The van der Waals surface area contributed by atoms with Crippen molar-refractivity contribution in [3.63, 3.8) is 0 Å². The molecule has 0 fully saturated rings. The Morgan fingerprint density at radius 1 is 1.28 bits per heavy atom. The molecule has 94 valence electrons. The van der Waals surface area contributed by atoms with E-state index in [2.05, 4.69) is 39.5 Å². The molecule has 0 N–H and O–H groups in total. The van der Waals surface area contributed by atoms with Gasteiger partial charge in [-0.2, -0.15) is 0 Å². The van der Waals surface area contributed by atoms with Gasteiger partial charge in [0.2, 0.25) is 0 Å². The van der Waals surface area contributed by atoms with Gasteiger partial charge in [0.15, 0.2) is 0 Å². The number of ether oxygens (including phenoxy) is 1. The Labute approximate surface area is 124 Å². The number of benzene rings is 1. The first kappa shape index (κ1) is 12.5. The predicted octanol–water partition coefficient (Wildman–Crippen LogP) is 5.16. The third-order valence-corrected chi connectivity index (χ3v) is 5.13. The van der Waals surface area contributed by atoms with Crippen LogP contribution >= 0.6 is 38.9 Å². The Kier molecular flexibility index (Phi) is 3.64. The quantitative estimate of drug-likeness (QED) is 0.684. The van der Waals surface area contributed by atoms with Crippen LogP contribution in [0.5, 0.6) is 5.75 Å². The number of hydrogen-bond acceptors (Lipinski definition) is 2. The lowest BCUT2D eigenvalue weighted by Gasteiger charge is -2.19. The van der Waals surface area contributed by atoms with Crippen LogP contribution in [-0.2, 0) is 6.42 Å². The lowest BCUT2D eigenvalue weighted by atomic mass is 10.00. The van der Waals surface area contributed by atoms with E-state index in [1.54, 1.807) is 11.3 Å². The summed E-state index contributed by atoms with van der Waals surface area (Å²) in [6.45, 7) is 0.828. The Morgan fingerprint density at radius 3 is 2.94 bits per heavy atom. The molecule has 2 aromatic rings. The number of fused-ring (bicyclic) bond motifs is 1. The van der Waals surface area contributed by atoms with Gasteiger partial charge in [0.05, 0.1) is 15.8 Å². The second-order valence-corrected chi connectivity index (χ2v) is 7.09. The molecule has 1 aromatic heterocycles. The van der Waals surface area contributed by atoms with E-state index in [1.165, 1.54) is 5.56 Å². The molecule has 1 aliphatic heterocycles. The molecular weight excluding hydrogens is 332 g/mol. The number of aryl methyl sites for hydroxylation is 1. The molecule has 1 aliphatic rings. The molecular formula is C14H12BrClOS. The van der Waals surface area contributed by atoms with Crippen molar-refractivity contribution in [3.8, 4) is 5.75 Å². The molecule has 0 radical (unpaired) electrons. The van der Waals surface area contributed by atoms with Gasteiger partial charge >= 0.3 is 0 Å². The minimum atomic E-state index is -0.0835. The van der Waals surface area contributed by atoms with Gasteiger partial charge in [-0.15, -0.1) is 22.9 Å². The first-order valence-corrected chi connectivity index (χ1v) is 7.98. The van der Waals surface area contributed by atoms with Crippen LogP contribution in [0, 0.1) is 0 Å². The van der Waals surface area contributed by atoms with Crippen molar-refractivity contribution >= 4 is 38.9 Å².